The van der Waals surface area contributed by atoms with E-state index in [2.05, 4.69) is 10.5 Å². The summed E-state index contributed by atoms with van der Waals surface area (Å²) in [7, 11) is 0. The van der Waals surface area contributed by atoms with Crippen molar-refractivity contribution in [2.45, 2.75) is 0 Å². The van der Waals surface area contributed by atoms with E-state index in [0.29, 0.717) is 15.8 Å². The number of amides is 1. The number of carbonyl (C=O) groups excluding carboxylic acids is 1. The largest absolute Gasteiger partial charge is 0.484 e. The summed E-state index contributed by atoms with van der Waals surface area (Å²) in [6, 6.07) is 18.0. The highest BCUT2D eigenvalue weighted by Crippen LogP contribution is 2.17. The molecule has 0 radical (unpaired) electrons. The monoisotopic (exact) mass is 387 g/mol. The number of nitrogens with one attached hydrogen (secondary N) is 1. The SMILES string of the molecule is O=C(COc1cccc(Cl)c1)N/N=C/c1cccn1-c1ccc(Cl)cc1. The molecule has 0 aliphatic rings. The smallest absolute Gasteiger partial charge is 0.277 e. The van der Waals surface area contributed by atoms with Crippen molar-refractivity contribution in [2.24, 2.45) is 5.10 Å². The second-order valence-corrected chi connectivity index (χ2v) is 6.19. The van der Waals surface area contributed by atoms with Gasteiger partial charge in [0.1, 0.15) is 5.75 Å². The molecule has 5 nitrogen and oxygen atoms in total. The van der Waals surface area contributed by atoms with Gasteiger partial charge in [-0.05, 0) is 54.6 Å². The van der Waals surface area contributed by atoms with Crippen molar-refractivity contribution in [2.75, 3.05) is 6.61 Å². The average molecular weight is 388 g/mol. The van der Waals surface area contributed by atoms with Crippen LogP contribution in [0.15, 0.2) is 72.0 Å². The van der Waals surface area contributed by atoms with Crippen molar-refractivity contribution in [1.82, 2.24) is 9.99 Å². The number of hydrogen-bond donors (Lipinski definition) is 1. The highest BCUT2D eigenvalue weighted by molar-refractivity contribution is 6.30. The van der Waals surface area contributed by atoms with Crippen LogP contribution in [0.1, 0.15) is 5.69 Å². The minimum atomic E-state index is -0.370. The Hall–Kier alpha value is -2.76. The van der Waals surface area contributed by atoms with Crippen molar-refractivity contribution in [3.63, 3.8) is 0 Å². The van der Waals surface area contributed by atoms with Crippen LogP contribution in [0.2, 0.25) is 10.0 Å². The van der Waals surface area contributed by atoms with E-state index in [1.165, 1.54) is 0 Å². The topological polar surface area (TPSA) is 55.6 Å². The fourth-order valence-corrected chi connectivity index (χ4v) is 2.55. The molecule has 1 heterocycles. The van der Waals surface area contributed by atoms with Crippen LogP contribution in [-0.4, -0.2) is 23.3 Å². The van der Waals surface area contributed by atoms with E-state index in [1.807, 2.05) is 47.2 Å². The number of carbonyl (C=O) groups is 1. The Morgan fingerprint density at radius 2 is 1.88 bits per heavy atom. The fourth-order valence-electron chi connectivity index (χ4n) is 2.24. The first-order valence-electron chi connectivity index (χ1n) is 7.75. The number of rotatable bonds is 6. The van der Waals surface area contributed by atoms with Crippen LogP contribution in [0, 0.1) is 0 Å². The van der Waals surface area contributed by atoms with Gasteiger partial charge < -0.3 is 9.30 Å². The molecule has 0 aliphatic carbocycles. The van der Waals surface area contributed by atoms with Crippen molar-refractivity contribution in [1.29, 1.82) is 0 Å². The molecule has 0 saturated heterocycles. The molecule has 0 bridgehead atoms. The molecule has 0 saturated carbocycles. The maximum atomic E-state index is 11.8. The molecule has 3 aromatic rings. The third-order valence-corrected chi connectivity index (χ3v) is 3.92. The molecule has 0 aliphatic heterocycles. The predicted molar refractivity (Wildman–Crippen MR) is 103 cm³/mol. The van der Waals surface area contributed by atoms with E-state index in [0.717, 1.165) is 11.4 Å². The number of hydrogen-bond acceptors (Lipinski definition) is 3. The minimum Gasteiger partial charge on any atom is -0.484 e. The van der Waals surface area contributed by atoms with Gasteiger partial charge in [-0.1, -0.05) is 29.3 Å². The molecule has 1 N–H and O–H groups in total. The van der Waals surface area contributed by atoms with Gasteiger partial charge in [0.15, 0.2) is 6.61 Å². The number of benzene rings is 2. The van der Waals surface area contributed by atoms with Gasteiger partial charge in [-0.25, -0.2) is 5.43 Å². The summed E-state index contributed by atoms with van der Waals surface area (Å²) in [6.45, 7) is -0.157. The van der Waals surface area contributed by atoms with Crippen molar-refractivity contribution >= 4 is 35.3 Å². The third kappa shape index (κ3) is 4.88. The molecule has 26 heavy (non-hydrogen) atoms. The summed E-state index contributed by atoms with van der Waals surface area (Å²) in [4.78, 5) is 11.8. The molecule has 2 aromatic carbocycles. The number of ether oxygens (including phenoxy) is 1. The fraction of sp³-hybridized carbons (Fsp3) is 0.0526. The maximum absolute atomic E-state index is 11.8. The van der Waals surface area contributed by atoms with Gasteiger partial charge in [0, 0.05) is 21.9 Å². The van der Waals surface area contributed by atoms with E-state index in [-0.39, 0.29) is 12.5 Å². The summed E-state index contributed by atoms with van der Waals surface area (Å²) in [6.07, 6.45) is 3.46. The summed E-state index contributed by atoms with van der Waals surface area (Å²) < 4.78 is 7.28. The molecule has 0 spiro atoms. The second-order valence-electron chi connectivity index (χ2n) is 5.32. The van der Waals surface area contributed by atoms with Gasteiger partial charge in [-0.3, -0.25) is 4.79 Å². The highest BCUT2D eigenvalue weighted by atomic mass is 35.5. The van der Waals surface area contributed by atoms with Crippen molar-refractivity contribution in [3.05, 3.63) is 82.6 Å². The number of aromatic nitrogens is 1. The lowest BCUT2D eigenvalue weighted by molar-refractivity contribution is -0.123. The zero-order chi connectivity index (χ0) is 18.4. The second kappa shape index (κ2) is 8.56. The highest BCUT2D eigenvalue weighted by Gasteiger charge is 2.03. The summed E-state index contributed by atoms with van der Waals surface area (Å²) >= 11 is 11.8. The maximum Gasteiger partial charge on any atom is 0.277 e. The van der Waals surface area contributed by atoms with Gasteiger partial charge in [0.25, 0.3) is 5.91 Å². The Bertz CT molecular complexity index is 921. The first-order chi connectivity index (χ1) is 12.6. The van der Waals surface area contributed by atoms with Gasteiger partial charge >= 0.3 is 0 Å². The average Bonchev–Trinajstić information content (AvgIpc) is 3.09. The van der Waals surface area contributed by atoms with E-state index >= 15 is 0 Å². The summed E-state index contributed by atoms with van der Waals surface area (Å²) in [5.74, 6) is 0.152. The summed E-state index contributed by atoms with van der Waals surface area (Å²) in [5.41, 5.74) is 4.18. The van der Waals surface area contributed by atoms with Crippen molar-refractivity contribution < 1.29 is 9.53 Å². The Kier molecular flexibility index (Phi) is 5.94. The van der Waals surface area contributed by atoms with Crippen LogP contribution in [0.25, 0.3) is 5.69 Å². The van der Waals surface area contributed by atoms with Gasteiger partial charge in [0.05, 0.1) is 11.9 Å². The van der Waals surface area contributed by atoms with E-state index in [4.69, 9.17) is 27.9 Å². The molecule has 7 heteroatoms. The van der Waals surface area contributed by atoms with Crippen LogP contribution < -0.4 is 10.2 Å². The van der Waals surface area contributed by atoms with Crippen molar-refractivity contribution in [3.8, 4) is 11.4 Å². The lowest BCUT2D eigenvalue weighted by Gasteiger charge is -2.07. The number of halogens is 2. The molecule has 0 unspecified atom stereocenters. The van der Waals surface area contributed by atoms with Gasteiger partial charge in [-0.2, -0.15) is 5.10 Å². The Balaban J connectivity index is 1.56. The molecular weight excluding hydrogens is 373 g/mol. The predicted octanol–water partition coefficient (Wildman–Crippen LogP) is 4.31. The number of nitrogens with zero attached hydrogens (tertiary/aromatic N) is 2. The molecule has 3 rings (SSSR count). The van der Waals surface area contributed by atoms with Crippen LogP contribution in [0.4, 0.5) is 0 Å². The van der Waals surface area contributed by atoms with Crippen LogP contribution >= 0.6 is 23.2 Å². The molecular formula is C19H15Cl2N3O2. The normalized spacial score (nSPS) is 10.8. The molecule has 1 amide bonds. The first kappa shape index (κ1) is 18.0. The van der Waals surface area contributed by atoms with Crippen LogP contribution in [0.3, 0.4) is 0 Å². The van der Waals surface area contributed by atoms with Gasteiger partial charge in [-0.15, -0.1) is 0 Å². The van der Waals surface area contributed by atoms with E-state index < -0.39 is 0 Å². The molecule has 0 fully saturated rings. The molecule has 0 atom stereocenters. The first-order valence-corrected chi connectivity index (χ1v) is 8.51. The third-order valence-electron chi connectivity index (χ3n) is 3.44. The standard InChI is InChI=1S/C19H15Cl2N3O2/c20-14-6-8-16(9-7-14)24-10-2-4-17(24)12-22-23-19(25)13-26-18-5-1-3-15(21)11-18/h1-12H,13H2,(H,23,25)/b22-12+. The number of hydrazone groups is 1. The quantitative estimate of drug-likeness (QED) is 0.505. The Labute approximate surface area is 160 Å². The minimum absolute atomic E-state index is 0.157. The zero-order valence-corrected chi connectivity index (χ0v) is 15.1. The van der Waals surface area contributed by atoms with Crippen LogP contribution in [0.5, 0.6) is 5.75 Å². The van der Waals surface area contributed by atoms with E-state index in [1.54, 1.807) is 30.5 Å². The zero-order valence-electron chi connectivity index (χ0n) is 13.6. The summed E-state index contributed by atoms with van der Waals surface area (Å²) in [5, 5.41) is 5.18. The van der Waals surface area contributed by atoms with E-state index in [9.17, 15) is 4.79 Å². The molecule has 132 valence electrons. The lowest BCUT2D eigenvalue weighted by Crippen LogP contribution is -2.24. The lowest BCUT2D eigenvalue weighted by atomic mass is 10.3. The Morgan fingerprint density at radius 3 is 2.65 bits per heavy atom. The molecule has 1 aromatic heterocycles. The van der Waals surface area contributed by atoms with Crippen LogP contribution in [-0.2, 0) is 4.79 Å². The van der Waals surface area contributed by atoms with Gasteiger partial charge in [0.2, 0.25) is 0 Å². The Morgan fingerprint density at radius 1 is 1.08 bits per heavy atom.